The lowest BCUT2D eigenvalue weighted by Gasteiger charge is -2.38. The van der Waals surface area contributed by atoms with E-state index in [9.17, 15) is 0 Å². The molecule has 1 aromatic carbocycles. The molecule has 0 saturated carbocycles. The number of hydrogen-bond donors (Lipinski definition) is 0. The van der Waals surface area contributed by atoms with Crippen molar-refractivity contribution in [3.8, 4) is 0 Å². The molecule has 0 bridgehead atoms. The molecule has 1 aliphatic rings. The SMILES string of the molecule is CSC(=Nc1ccc(Cl)cc1)N1CCC(N(C)c2ccccn2)CC1. The van der Waals surface area contributed by atoms with Gasteiger partial charge >= 0.3 is 0 Å². The second-order valence-electron chi connectivity index (χ2n) is 6.09. The number of rotatable bonds is 3. The number of amidine groups is 1. The molecule has 0 atom stereocenters. The topological polar surface area (TPSA) is 31.7 Å². The van der Waals surface area contributed by atoms with Crippen molar-refractivity contribution < 1.29 is 0 Å². The normalized spacial score (nSPS) is 16.1. The molecule has 1 fully saturated rings. The molecule has 25 heavy (non-hydrogen) atoms. The Hall–Kier alpha value is -1.72. The largest absolute Gasteiger partial charge is 0.357 e. The van der Waals surface area contributed by atoms with Gasteiger partial charge in [-0.2, -0.15) is 0 Å². The van der Waals surface area contributed by atoms with Crippen molar-refractivity contribution in [1.82, 2.24) is 9.88 Å². The maximum atomic E-state index is 5.95. The van der Waals surface area contributed by atoms with Crippen LogP contribution in [0.3, 0.4) is 0 Å². The second-order valence-corrected chi connectivity index (χ2v) is 7.30. The van der Waals surface area contributed by atoms with E-state index in [1.165, 1.54) is 0 Å². The van der Waals surface area contributed by atoms with Gasteiger partial charge in [0.1, 0.15) is 5.82 Å². The van der Waals surface area contributed by atoms with Gasteiger partial charge in [-0.3, -0.25) is 0 Å². The number of piperidine rings is 1. The molecule has 6 heteroatoms. The minimum absolute atomic E-state index is 0.518. The number of hydrogen-bond acceptors (Lipinski definition) is 4. The van der Waals surface area contributed by atoms with Crippen LogP contribution in [0.1, 0.15) is 12.8 Å². The average molecular weight is 375 g/mol. The van der Waals surface area contributed by atoms with E-state index in [0.29, 0.717) is 6.04 Å². The zero-order valence-electron chi connectivity index (χ0n) is 14.6. The van der Waals surface area contributed by atoms with Crippen LogP contribution < -0.4 is 4.90 Å². The maximum Gasteiger partial charge on any atom is 0.164 e. The fraction of sp³-hybridized carbons (Fsp3) is 0.368. The molecule has 0 aliphatic carbocycles. The van der Waals surface area contributed by atoms with Crippen LogP contribution in [0.15, 0.2) is 53.7 Å². The van der Waals surface area contributed by atoms with Crippen LogP contribution in [-0.4, -0.2) is 47.5 Å². The Kier molecular flexibility index (Phi) is 6.21. The highest BCUT2D eigenvalue weighted by Crippen LogP contribution is 2.24. The highest BCUT2D eigenvalue weighted by Gasteiger charge is 2.24. The fourth-order valence-electron chi connectivity index (χ4n) is 3.07. The molecular formula is C19H23ClN4S. The summed E-state index contributed by atoms with van der Waals surface area (Å²) < 4.78 is 0. The summed E-state index contributed by atoms with van der Waals surface area (Å²) in [5.74, 6) is 1.04. The summed E-state index contributed by atoms with van der Waals surface area (Å²) in [5, 5.41) is 1.81. The van der Waals surface area contributed by atoms with Gasteiger partial charge in [0.15, 0.2) is 5.17 Å². The monoisotopic (exact) mass is 374 g/mol. The van der Waals surface area contributed by atoms with Crippen LogP contribution in [0.5, 0.6) is 0 Å². The fourth-order valence-corrected chi connectivity index (χ4v) is 3.83. The lowest BCUT2D eigenvalue weighted by atomic mass is 10.0. The van der Waals surface area contributed by atoms with Gasteiger partial charge in [0.2, 0.25) is 0 Å². The number of halogens is 1. The molecule has 2 heterocycles. The first-order valence-electron chi connectivity index (χ1n) is 8.44. The van der Waals surface area contributed by atoms with Crippen molar-refractivity contribution in [3.05, 3.63) is 53.7 Å². The molecule has 4 nitrogen and oxygen atoms in total. The molecule has 0 radical (unpaired) electrons. The number of aliphatic imine (C=N–C) groups is 1. The van der Waals surface area contributed by atoms with Crippen LogP contribution in [0.4, 0.5) is 11.5 Å². The second kappa shape index (κ2) is 8.59. The van der Waals surface area contributed by atoms with E-state index in [0.717, 1.165) is 47.6 Å². The van der Waals surface area contributed by atoms with Gasteiger partial charge in [0.05, 0.1) is 5.69 Å². The number of pyridine rings is 1. The van der Waals surface area contributed by atoms with Crippen LogP contribution in [0.25, 0.3) is 0 Å². The van der Waals surface area contributed by atoms with Gasteiger partial charge in [0, 0.05) is 37.4 Å². The molecule has 132 valence electrons. The Labute approximate surface area is 158 Å². The molecule has 0 unspecified atom stereocenters. The van der Waals surface area contributed by atoms with E-state index in [1.54, 1.807) is 11.8 Å². The van der Waals surface area contributed by atoms with Gasteiger partial charge in [-0.15, -0.1) is 0 Å². The number of anilines is 1. The van der Waals surface area contributed by atoms with Gasteiger partial charge in [-0.25, -0.2) is 9.98 Å². The Morgan fingerprint density at radius 3 is 2.52 bits per heavy atom. The summed E-state index contributed by atoms with van der Waals surface area (Å²) >= 11 is 7.65. The lowest BCUT2D eigenvalue weighted by Crippen LogP contribution is -2.45. The van der Waals surface area contributed by atoms with Crippen molar-refractivity contribution in [3.63, 3.8) is 0 Å². The first kappa shape index (κ1) is 18.1. The number of thioether (sulfide) groups is 1. The van der Waals surface area contributed by atoms with E-state index >= 15 is 0 Å². The molecule has 1 saturated heterocycles. The third kappa shape index (κ3) is 4.67. The van der Waals surface area contributed by atoms with E-state index in [2.05, 4.69) is 34.2 Å². The predicted molar refractivity (Wildman–Crippen MR) is 109 cm³/mol. The summed E-state index contributed by atoms with van der Waals surface area (Å²) in [5.41, 5.74) is 0.946. The Morgan fingerprint density at radius 2 is 1.92 bits per heavy atom. The number of nitrogens with zero attached hydrogens (tertiary/aromatic N) is 4. The molecule has 3 rings (SSSR count). The molecule has 0 spiro atoms. The van der Waals surface area contributed by atoms with E-state index in [-0.39, 0.29) is 0 Å². The summed E-state index contributed by atoms with van der Waals surface area (Å²) in [4.78, 5) is 13.9. The number of likely N-dealkylation sites (tertiary alicyclic amines) is 1. The van der Waals surface area contributed by atoms with Crippen LogP contribution >= 0.6 is 23.4 Å². The molecule has 0 N–H and O–H groups in total. The lowest BCUT2D eigenvalue weighted by molar-refractivity contribution is 0.312. The van der Waals surface area contributed by atoms with Crippen molar-refractivity contribution in [1.29, 1.82) is 0 Å². The minimum Gasteiger partial charge on any atom is -0.357 e. The van der Waals surface area contributed by atoms with Gasteiger partial charge < -0.3 is 9.80 Å². The molecule has 1 aliphatic heterocycles. The van der Waals surface area contributed by atoms with Crippen molar-refractivity contribution in [2.45, 2.75) is 18.9 Å². The van der Waals surface area contributed by atoms with E-state index in [1.807, 2.05) is 42.6 Å². The number of aromatic nitrogens is 1. The summed E-state index contributed by atoms with van der Waals surface area (Å²) in [6.45, 7) is 2.02. The summed E-state index contributed by atoms with van der Waals surface area (Å²) in [7, 11) is 2.14. The Bertz CT molecular complexity index is 697. The van der Waals surface area contributed by atoms with Crippen molar-refractivity contribution in [2.24, 2.45) is 4.99 Å². The van der Waals surface area contributed by atoms with E-state index < -0.39 is 0 Å². The van der Waals surface area contributed by atoms with Crippen LogP contribution in [-0.2, 0) is 0 Å². The Balaban J connectivity index is 1.63. The molecule has 0 amide bonds. The minimum atomic E-state index is 0.518. The van der Waals surface area contributed by atoms with Crippen molar-refractivity contribution in [2.75, 3.05) is 31.3 Å². The van der Waals surface area contributed by atoms with Crippen molar-refractivity contribution >= 4 is 40.0 Å². The molecular weight excluding hydrogens is 352 g/mol. The predicted octanol–water partition coefficient (Wildman–Crippen LogP) is 4.69. The van der Waals surface area contributed by atoms with E-state index in [4.69, 9.17) is 16.6 Å². The first-order valence-corrected chi connectivity index (χ1v) is 10.0. The van der Waals surface area contributed by atoms with Crippen LogP contribution in [0.2, 0.25) is 5.02 Å². The highest BCUT2D eigenvalue weighted by molar-refractivity contribution is 8.13. The maximum absolute atomic E-state index is 5.95. The van der Waals surface area contributed by atoms with Gasteiger partial charge in [-0.1, -0.05) is 29.4 Å². The summed E-state index contributed by atoms with van der Waals surface area (Å²) in [6, 6.07) is 14.3. The van der Waals surface area contributed by atoms with Gasteiger partial charge in [0.25, 0.3) is 0 Å². The molecule has 1 aromatic heterocycles. The average Bonchev–Trinajstić information content (AvgIpc) is 2.68. The third-order valence-corrected chi connectivity index (χ3v) is 5.49. The third-order valence-electron chi connectivity index (χ3n) is 4.53. The Morgan fingerprint density at radius 1 is 1.20 bits per heavy atom. The van der Waals surface area contributed by atoms with Crippen LogP contribution in [0, 0.1) is 0 Å². The molecule has 2 aromatic rings. The van der Waals surface area contributed by atoms with Gasteiger partial charge in [-0.05, 0) is 55.5 Å². The number of benzene rings is 1. The highest BCUT2D eigenvalue weighted by atomic mass is 35.5. The standard InChI is InChI=1S/C19H23ClN4S/c1-23(18-5-3-4-12-21-18)17-10-13-24(14-11-17)19(25-2)22-16-8-6-15(20)7-9-16/h3-9,12,17H,10-11,13-14H2,1-2H3. The quantitative estimate of drug-likeness (QED) is 0.576. The zero-order chi connectivity index (χ0) is 17.6. The summed E-state index contributed by atoms with van der Waals surface area (Å²) in [6.07, 6.45) is 6.15. The smallest absolute Gasteiger partial charge is 0.164 e. The zero-order valence-corrected chi connectivity index (χ0v) is 16.2. The first-order chi connectivity index (χ1) is 12.2.